The highest BCUT2D eigenvalue weighted by atomic mass is 32.1. The number of thiazole rings is 1. The van der Waals surface area contributed by atoms with E-state index >= 15 is 0 Å². The summed E-state index contributed by atoms with van der Waals surface area (Å²) in [6, 6.07) is 13.3. The number of benzene rings is 1. The molecule has 1 N–H and O–H groups in total. The summed E-state index contributed by atoms with van der Waals surface area (Å²) in [5, 5.41) is 6.34. The quantitative estimate of drug-likeness (QED) is 0.351. The maximum absolute atomic E-state index is 4.80. The minimum absolute atomic E-state index is 0.603. The van der Waals surface area contributed by atoms with Gasteiger partial charge in [-0.25, -0.2) is 4.98 Å². The molecule has 1 aromatic carbocycles. The van der Waals surface area contributed by atoms with Crippen molar-refractivity contribution < 1.29 is 0 Å². The Kier molecular flexibility index (Phi) is 5.22. The van der Waals surface area contributed by atoms with Gasteiger partial charge in [0.1, 0.15) is 0 Å². The molecule has 0 atom stereocenters. The minimum atomic E-state index is 0.603. The third-order valence-electron chi connectivity index (χ3n) is 7.25. The van der Waals surface area contributed by atoms with Gasteiger partial charge in [-0.2, -0.15) is 0 Å². The molecule has 4 nitrogen and oxygen atoms in total. The number of fused-ring (bicyclic) bond motifs is 1. The van der Waals surface area contributed by atoms with Crippen LogP contribution in [0.2, 0.25) is 0 Å². The maximum Gasteiger partial charge on any atom is 0.0962 e. The molecule has 6 rings (SSSR count). The number of anilines is 1. The van der Waals surface area contributed by atoms with E-state index < -0.39 is 0 Å². The second-order valence-corrected chi connectivity index (χ2v) is 10.7. The van der Waals surface area contributed by atoms with E-state index in [1.807, 2.05) is 17.5 Å². The Labute approximate surface area is 193 Å². The molecule has 5 heteroatoms. The summed E-state index contributed by atoms with van der Waals surface area (Å²) in [5.74, 6) is 2.07. The summed E-state index contributed by atoms with van der Waals surface area (Å²) >= 11 is 1.87. The lowest BCUT2D eigenvalue weighted by molar-refractivity contribution is 0.335. The number of hydrogen-bond acceptors (Lipinski definition) is 4. The summed E-state index contributed by atoms with van der Waals surface area (Å²) in [5.41, 5.74) is 5.00. The predicted molar refractivity (Wildman–Crippen MR) is 133 cm³/mol. The first kappa shape index (κ1) is 20.0. The van der Waals surface area contributed by atoms with Crippen LogP contribution in [0.1, 0.15) is 61.1 Å². The van der Waals surface area contributed by atoms with Crippen LogP contribution in [0.3, 0.4) is 0 Å². The second-order valence-electron chi connectivity index (χ2n) is 9.61. The number of rotatable bonds is 6. The molecule has 0 radical (unpaired) electrons. The van der Waals surface area contributed by atoms with E-state index in [0.717, 1.165) is 18.4 Å². The van der Waals surface area contributed by atoms with Gasteiger partial charge in [-0.05, 0) is 74.3 Å². The van der Waals surface area contributed by atoms with Crippen LogP contribution in [0.15, 0.2) is 55.0 Å². The van der Waals surface area contributed by atoms with Gasteiger partial charge in [-0.3, -0.25) is 4.98 Å². The standard InChI is InChI=1S/C27H30N4S/c1-31-12-11-21-14-24(29-16-25(21)31)19-7-5-18(6-8-19)15-28-23-4-2-3-22(13-23)26-17-30-27(32-26)20-9-10-20/h2-4,11-14,16-20,28H,5-10,15H2,1H3/t18-,19-. The van der Waals surface area contributed by atoms with E-state index in [1.165, 1.54) is 76.3 Å². The molecule has 0 amide bonds. The number of hydrogen-bond donors (Lipinski definition) is 1. The average molecular weight is 443 g/mol. The Morgan fingerprint density at radius 1 is 0.969 bits per heavy atom. The summed E-state index contributed by atoms with van der Waals surface area (Å²) in [6.07, 6.45) is 13.9. The number of pyridine rings is 1. The third kappa shape index (κ3) is 4.06. The van der Waals surface area contributed by atoms with Crippen LogP contribution in [0.25, 0.3) is 21.3 Å². The van der Waals surface area contributed by atoms with Crippen molar-refractivity contribution in [2.45, 2.75) is 50.4 Å². The summed E-state index contributed by atoms with van der Waals surface area (Å²) < 4.78 is 2.14. The van der Waals surface area contributed by atoms with Gasteiger partial charge in [-0.1, -0.05) is 12.1 Å². The fourth-order valence-corrected chi connectivity index (χ4v) is 6.13. The number of nitrogens with zero attached hydrogens (tertiary/aromatic N) is 3. The minimum Gasteiger partial charge on any atom is -0.385 e. The zero-order valence-corrected chi connectivity index (χ0v) is 19.4. The van der Waals surface area contributed by atoms with Crippen molar-refractivity contribution in [3.63, 3.8) is 0 Å². The molecule has 0 bridgehead atoms. The van der Waals surface area contributed by atoms with Crippen LogP contribution in [-0.4, -0.2) is 21.1 Å². The zero-order valence-electron chi connectivity index (χ0n) is 18.6. The molecule has 0 saturated heterocycles. The van der Waals surface area contributed by atoms with E-state index in [2.05, 4.69) is 70.7 Å². The van der Waals surface area contributed by atoms with Gasteiger partial charge in [0.2, 0.25) is 0 Å². The predicted octanol–water partition coefficient (Wildman–Crippen LogP) is 6.96. The van der Waals surface area contributed by atoms with Crippen LogP contribution in [0.4, 0.5) is 5.69 Å². The van der Waals surface area contributed by atoms with Crippen molar-refractivity contribution in [2.24, 2.45) is 13.0 Å². The molecular weight excluding hydrogens is 412 g/mol. The van der Waals surface area contributed by atoms with Crippen LogP contribution in [-0.2, 0) is 7.05 Å². The van der Waals surface area contributed by atoms with Gasteiger partial charge in [0.25, 0.3) is 0 Å². The van der Waals surface area contributed by atoms with Gasteiger partial charge < -0.3 is 9.88 Å². The lowest BCUT2D eigenvalue weighted by Crippen LogP contribution is -2.21. The number of aromatic nitrogens is 3. The molecule has 2 aliphatic carbocycles. The molecule has 0 unspecified atom stereocenters. The molecule has 0 spiro atoms. The van der Waals surface area contributed by atoms with E-state index in [1.54, 1.807) is 0 Å². The highest BCUT2D eigenvalue weighted by molar-refractivity contribution is 7.15. The van der Waals surface area contributed by atoms with E-state index in [9.17, 15) is 0 Å². The van der Waals surface area contributed by atoms with Gasteiger partial charge in [0.05, 0.1) is 21.6 Å². The largest absolute Gasteiger partial charge is 0.385 e. The van der Waals surface area contributed by atoms with Crippen molar-refractivity contribution in [3.8, 4) is 10.4 Å². The van der Waals surface area contributed by atoms with Crippen molar-refractivity contribution in [3.05, 3.63) is 65.7 Å². The summed E-state index contributed by atoms with van der Waals surface area (Å²) in [7, 11) is 2.08. The van der Waals surface area contributed by atoms with Crippen LogP contribution >= 0.6 is 11.3 Å². The molecule has 2 fully saturated rings. The smallest absolute Gasteiger partial charge is 0.0962 e. The van der Waals surface area contributed by atoms with Crippen LogP contribution in [0.5, 0.6) is 0 Å². The molecule has 2 aliphatic rings. The summed E-state index contributed by atoms with van der Waals surface area (Å²) in [4.78, 5) is 10.7. The molecule has 3 heterocycles. The normalized spacial score (nSPS) is 21.2. The Morgan fingerprint density at radius 3 is 2.66 bits per heavy atom. The van der Waals surface area contributed by atoms with Crippen molar-refractivity contribution in [1.29, 1.82) is 0 Å². The van der Waals surface area contributed by atoms with E-state index in [0.29, 0.717) is 5.92 Å². The summed E-state index contributed by atoms with van der Waals surface area (Å²) in [6.45, 7) is 1.05. The van der Waals surface area contributed by atoms with Crippen LogP contribution in [0, 0.1) is 5.92 Å². The lowest BCUT2D eigenvalue weighted by Gasteiger charge is -2.28. The lowest BCUT2D eigenvalue weighted by atomic mass is 9.80. The maximum atomic E-state index is 4.80. The van der Waals surface area contributed by atoms with E-state index in [-0.39, 0.29) is 0 Å². The second kappa shape index (κ2) is 8.36. The Hall–Kier alpha value is -2.66. The molecule has 4 aromatic rings. The first-order valence-electron chi connectivity index (χ1n) is 11.9. The zero-order chi connectivity index (χ0) is 21.5. The van der Waals surface area contributed by atoms with Gasteiger partial charge in [0, 0.05) is 54.6 Å². The molecule has 3 aromatic heterocycles. The van der Waals surface area contributed by atoms with Crippen molar-refractivity contribution in [1.82, 2.24) is 14.5 Å². The number of aryl methyl sites for hydroxylation is 1. The Morgan fingerprint density at radius 2 is 1.81 bits per heavy atom. The topological polar surface area (TPSA) is 42.7 Å². The molecule has 2 saturated carbocycles. The number of nitrogens with one attached hydrogen (secondary N) is 1. The van der Waals surface area contributed by atoms with Crippen molar-refractivity contribution in [2.75, 3.05) is 11.9 Å². The fourth-order valence-electron chi connectivity index (χ4n) is 5.05. The molecule has 164 valence electrons. The van der Waals surface area contributed by atoms with Gasteiger partial charge in [0.15, 0.2) is 0 Å². The van der Waals surface area contributed by atoms with Crippen molar-refractivity contribution >= 4 is 27.9 Å². The van der Waals surface area contributed by atoms with Gasteiger partial charge >= 0.3 is 0 Å². The van der Waals surface area contributed by atoms with Gasteiger partial charge in [-0.15, -0.1) is 11.3 Å². The first-order valence-corrected chi connectivity index (χ1v) is 12.8. The SMILES string of the molecule is Cn1ccc2cc([C@H]3CC[C@H](CNc4cccc(-c5cnc(C6CC6)s5)c4)CC3)ncc21. The third-order valence-corrected chi connectivity index (χ3v) is 8.46. The average Bonchev–Trinajstić information content (AvgIpc) is 3.45. The Bertz CT molecular complexity index is 1230. The molecular formula is C27H30N4S. The van der Waals surface area contributed by atoms with Crippen LogP contribution < -0.4 is 5.32 Å². The Balaban J connectivity index is 1.05. The monoisotopic (exact) mass is 442 g/mol. The van der Waals surface area contributed by atoms with E-state index in [4.69, 9.17) is 4.98 Å². The highest BCUT2D eigenvalue weighted by Crippen LogP contribution is 2.43. The molecule has 32 heavy (non-hydrogen) atoms. The molecule has 0 aliphatic heterocycles. The first-order chi connectivity index (χ1) is 15.7. The highest BCUT2D eigenvalue weighted by Gasteiger charge is 2.27. The fraction of sp³-hybridized carbons (Fsp3) is 0.407.